The summed E-state index contributed by atoms with van der Waals surface area (Å²) in [5.74, 6) is 0.126. The molecule has 5 heteroatoms. The van der Waals surface area contributed by atoms with Gasteiger partial charge in [0.25, 0.3) is 0 Å². The highest BCUT2D eigenvalue weighted by Gasteiger charge is 2.40. The Balaban J connectivity index is 2.44. The van der Waals surface area contributed by atoms with E-state index >= 15 is 0 Å². The molecule has 4 N–H and O–H groups in total. The maximum absolute atomic E-state index is 10.0. The van der Waals surface area contributed by atoms with Crippen molar-refractivity contribution in [1.82, 2.24) is 10.6 Å². The predicted molar refractivity (Wildman–Crippen MR) is 74.7 cm³/mol. The van der Waals surface area contributed by atoms with Gasteiger partial charge in [0.15, 0.2) is 5.11 Å². The van der Waals surface area contributed by atoms with Gasteiger partial charge in [-0.3, -0.25) is 0 Å². The van der Waals surface area contributed by atoms with Crippen molar-refractivity contribution >= 4 is 17.3 Å². The fourth-order valence-electron chi connectivity index (χ4n) is 2.71. The molecule has 18 heavy (non-hydrogen) atoms. The molecule has 0 aromatic heterocycles. The largest absolute Gasteiger partial charge is 0.508 e. The van der Waals surface area contributed by atoms with Crippen LogP contribution in [0.15, 0.2) is 18.2 Å². The summed E-state index contributed by atoms with van der Waals surface area (Å²) in [4.78, 5) is 0. The van der Waals surface area contributed by atoms with Gasteiger partial charge in [0, 0.05) is 17.2 Å². The predicted octanol–water partition coefficient (Wildman–Crippen LogP) is 1.96. The van der Waals surface area contributed by atoms with Crippen molar-refractivity contribution in [2.75, 3.05) is 0 Å². The Bertz CT molecular complexity index is 502. The summed E-state index contributed by atoms with van der Waals surface area (Å²) in [6.45, 7) is 6.12. The Hall–Kier alpha value is -1.49. The molecule has 0 amide bonds. The summed E-state index contributed by atoms with van der Waals surface area (Å²) in [7, 11) is 0. The highest BCUT2D eigenvalue weighted by atomic mass is 32.1. The molecule has 1 heterocycles. The number of phenolic OH excluding ortho intramolecular Hbond substituents is 2. The van der Waals surface area contributed by atoms with Gasteiger partial charge < -0.3 is 20.8 Å². The van der Waals surface area contributed by atoms with Crippen molar-refractivity contribution in [3.8, 4) is 11.5 Å². The summed E-state index contributed by atoms with van der Waals surface area (Å²) < 4.78 is 0. The summed E-state index contributed by atoms with van der Waals surface area (Å²) in [5, 5.41) is 26.3. The highest BCUT2D eigenvalue weighted by molar-refractivity contribution is 7.80. The zero-order valence-electron chi connectivity index (χ0n) is 10.7. The molecule has 1 atom stereocenters. The lowest BCUT2D eigenvalue weighted by Crippen LogP contribution is -2.63. The highest BCUT2D eigenvalue weighted by Crippen LogP contribution is 2.38. The van der Waals surface area contributed by atoms with Crippen molar-refractivity contribution in [1.29, 1.82) is 0 Å². The molecule has 1 saturated heterocycles. The van der Waals surface area contributed by atoms with Crippen LogP contribution in [0.1, 0.15) is 32.8 Å². The molecule has 0 spiro atoms. The Morgan fingerprint density at radius 2 is 1.83 bits per heavy atom. The molecule has 1 aliphatic rings. The molecule has 0 bridgehead atoms. The van der Waals surface area contributed by atoms with Gasteiger partial charge in [-0.2, -0.15) is 0 Å². The first-order valence-electron chi connectivity index (χ1n) is 5.85. The number of phenols is 2. The van der Waals surface area contributed by atoms with E-state index in [1.54, 1.807) is 12.1 Å². The fraction of sp³-hybridized carbons (Fsp3) is 0.462. The molecule has 2 rings (SSSR count). The SMILES string of the molecule is CC1(C)CC(C)(c2ccc(O)cc2O)NC(=S)N1. The van der Waals surface area contributed by atoms with Crippen molar-refractivity contribution in [3.63, 3.8) is 0 Å². The van der Waals surface area contributed by atoms with Crippen molar-refractivity contribution < 1.29 is 10.2 Å². The topological polar surface area (TPSA) is 64.5 Å². The molecule has 4 nitrogen and oxygen atoms in total. The molecule has 0 aliphatic carbocycles. The van der Waals surface area contributed by atoms with E-state index in [2.05, 4.69) is 24.5 Å². The number of benzene rings is 1. The van der Waals surface area contributed by atoms with Gasteiger partial charge in [-0.05, 0) is 51.5 Å². The van der Waals surface area contributed by atoms with Crippen LogP contribution in [-0.4, -0.2) is 20.9 Å². The molecule has 0 radical (unpaired) electrons. The minimum atomic E-state index is -0.455. The zero-order valence-corrected chi connectivity index (χ0v) is 11.6. The van der Waals surface area contributed by atoms with Gasteiger partial charge in [-0.25, -0.2) is 0 Å². The van der Waals surface area contributed by atoms with E-state index in [1.807, 2.05) is 6.92 Å². The first-order chi connectivity index (χ1) is 8.22. The second-order valence-corrected chi connectivity index (χ2v) is 6.08. The third kappa shape index (κ3) is 2.36. The van der Waals surface area contributed by atoms with E-state index in [-0.39, 0.29) is 17.0 Å². The zero-order chi connectivity index (χ0) is 13.6. The third-order valence-corrected chi connectivity index (χ3v) is 3.42. The molecular weight excluding hydrogens is 248 g/mol. The van der Waals surface area contributed by atoms with E-state index in [1.165, 1.54) is 6.07 Å². The first kappa shape index (κ1) is 13.0. The number of nitrogens with one attached hydrogen (secondary N) is 2. The van der Waals surface area contributed by atoms with E-state index in [9.17, 15) is 10.2 Å². The van der Waals surface area contributed by atoms with Crippen LogP contribution in [-0.2, 0) is 5.54 Å². The third-order valence-electron chi connectivity index (χ3n) is 3.21. The average Bonchev–Trinajstić information content (AvgIpc) is 2.11. The standard InChI is InChI=1S/C13H18N2O2S/c1-12(2)7-13(3,15-11(18)14-12)9-5-4-8(16)6-10(9)17/h4-6,16-17H,7H2,1-3H3,(H2,14,15,18). The van der Waals surface area contributed by atoms with Gasteiger partial charge in [0.2, 0.25) is 0 Å². The van der Waals surface area contributed by atoms with E-state index in [0.29, 0.717) is 5.11 Å². The van der Waals surface area contributed by atoms with E-state index < -0.39 is 5.54 Å². The Morgan fingerprint density at radius 1 is 1.17 bits per heavy atom. The Morgan fingerprint density at radius 3 is 2.39 bits per heavy atom. The van der Waals surface area contributed by atoms with Crippen LogP contribution in [0, 0.1) is 0 Å². The smallest absolute Gasteiger partial charge is 0.167 e. The molecule has 98 valence electrons. The summed E-state index contributed by atoms with van der Waals surface area (Å²) >= 11 is 5.22. The van der Waals surface area contributed by atoms with Gasteiger partial charge in [0.05, 0.1) is 5.54 Å². The van der Waals surface area contributed by atoms with Crippen molar-refractivity contribution in [2.45, 2.75) is 38.3 Å². The lowest BCUT2D eigenvalue weighted by atomic mass is 9.78. The summed E-state index contributed by atoms with van der Waals surface area (Å²) in [5.41, 5.74) is 0.127. The van der Waals surface area contributed by atoms with Crippen LogP contribution in [0.5, 0.6) is 11.5 Å². The Kier molecular flexibility index (Phi) is 2.89. The quantitative estimate of drug-likeness (QED) is 0.585. The van der Waals surface area contributed by atoms with Crippen LogP contribution in [0.2, 0.25) is 0 Å². The molecule has 0 saturated carbocycles. The van der Waals surface area contributed by atoms with Crippen LogP contribution in [0.4, 0.5) is 0 Å². The molecule has 1 aliphatic heterocycles. The minimum Gasteiger partial charge on any atom is -0.508 e. The maximum atomic E-state index is 10.0. The lowest BCUT2D eigenvalue weighted by Gasteiger charge is -2.45. The first-order valence-corrected chi connectivity index (χ1v) is 6.25. The maximum Gasteiger partial charge on any atom is 0.167 e. The second kappa shape index (κ2) is 4.02. The van der Waals surface area contributed by atoms with Gasteiger partial charge >= 0.3 is 0 Å². The van der Waals surface area contributed by atoms with E-state index in [0.717, 1.165) is 12.0 Å². The summed E-state index contributed by atoms with van der Waals surface area (Å²) in [6, 6.07) is 4.64. The summed E-state index contributed by atoms with van der Waals surface area (Å²) in [6.07, 6.45) is 0.762. The number of rotatable bonds is 1. The lowest BCUT2D eigenvalue weighted by molar-refractivity contribution is 0.247. The van der Waals surface area contributed by atoms with Crippen molar-refractivity contribution in [3.05, 3.63) is 23.8 Å². The monoisotopic (exact) mass is 266 g/mol. The van der Waals surface area contributed by atoms with Crippen LogP contribution >= 0.6 is 12.2 Å². The van der Waals surface area contributed by atoms with E-state index in [4.69, 9.17) is 12.2 Å². The molecular formula is C13H18N2O2S. The number of aromatic hydroxyl groups is 2. The normalized spacial score (nSPS) is 26.3. The van der Waals surface area contributed by atoms with Crippen LogP contribution < -0.4 is 10.6 Å². The Labute approximate surface area is 112 Å². The minimum absolute atomic E-state index is 0.0515. The molecule has 1 aromatic carbocycles. The van der Waals surface area contributed by atoms with Crippen molar-refractivity contribution in [2.24, 2.45) is 0 Å². The number of thiocarbonyl (C=S) groups is 1. The number of hydrogen-bond acceptors (Lipinski definition) is 3. The van der Waals surface area contributed by atoms with Gasteiger partial charge in [0.1, 0.15) is 11.5 Å². The number of hydrogen-bond donors (Lipinski definition) is 4. The van der Waals surface area contributed by atoms with Crippen LogP contribution in [0.3, 0.4) is 0 Å². The molecule has 1 fully saturated rings. The van der Waals surface area contributed by atoms with Crippen LogP contribution in [0.25, 0.3) is 0 Å². The average molecular weight is 266 g/mol. The second-order valence-electron chi connectivity index (χ2n) is 5.67. The molecule has 1 unspecified atom stereocenters. The van der Waals surface area contributed by atoms with Gasteiger partial charge in [-0.1, -0.05) is 0 Å². The van der Waals surface area contributed by atoms with Gasteiger partial charge in [-0.15, -0.1) is 0 Å². The fourth-order valence-corrected chi connectivity index (χ4v) is 3.21. The molecule has 1 aromatic rings.